The molecule has 0 bridgehead atoms. The van der Waals surface area contributed by atoms with Crippen LogP contribution < -0.4 is 0 Å². The fourth-order valence-electron chi connectivity index (χ4n) is 2.11. The molecule has 2 rings (SSSR count). The molecule has 0 saturated carbocycles. The molecule has 22 heavy (non-hydrogen) atoms. The highest BCUT2D eigenvalue weighted by Crippen LogP contribution is 2.22. The SMILES string of the molecule is CCOC(=O)C1=CN(C)C(=Nc2ccc([N+](=O)[O-])cc2)CC1. The van der Waals surface area contributed by atoms with E-state index in [0.717, 1.165) is 5.84 Å². The summed E-state index contributed by atoms with van der Waals surface area (Å²) in [6.07, 6.45) is 2.89. The predicted octanol–water partition coefficient (Wildman–Crippen LogP) is 2.80. The number of nitrogens with zero attached hydrogens (tertiary/aromatic N) is 3. The van der Waals surface area contributed by atoms with Gasteiger partial charge in [-0.1, -0.05) is 0 Å². The second-order valence-corrected chi connectivity index (χ2v) is 4.79. The lowest BCUT2D eigenvalue weighted by atomic mass is 10.1. The van der Waals surface area contributed by atoms with Gasteiger partial charge in [0, 0.05) is 31.8 Å². The van der Waals surface area contributed by atoms with Crippen LogP contribution in [0.3, 0.4) is 0 Å². The van der Waals surface area contributed by atoms with E-state index < -0.39 is 4.92 Å². The van der Waals surface area contributed by atoms with Crippen molar-refractivity contribution < 1.29 is 14.5 Å². The number of aliphatic imine (C=N–C) groups is 1. The summed E-state index contributed by atoms with van der Waals surface area (Å²) in [6.45, 7) is 2.12. The average molecular weight is 303 g/mol. The minimum atomic E-state index is -0.446. The van der Waals surface area contributed by atoms with E-state index in [0.29, 0.717) is 30.7 Å². The Morgan fingerprint density at radius 2 is 2.05 bits per heavy atom. The first-order valence-corrected chi connectivity index (χ1v) is 6.94. The average Bonchev–Trinajstić information content (AvgIpc) is 2.50. The maximum Gasteiger partial charge on any atom is 0.335 e. The van der Waals surface area contributed by atoms with Gasteiger partial charge in [-0.05, 0) is 25.5 Å². The molecule has 0 aliphatic carbocycles. The largest absolute Gasteiger partial charge is 0.463 e. The maximum atomic E-state index is 11.7. The zero-order valence-electron chi connectivity index (χ0n) is 12.5. The molecule has 1 aliphatic rings. The summed E-state index contributed by atoms with van der Waals surface area (Å²) < 4.78 is 4.98. The molecule has 0 saturated heterocycles. The van der Waals surface area contributed by atoms with Crippen LogP contribution in [0.5, 0.6) is 0 Å². The molecular weight excluding hydrogens is 286 g/mol. The minimum absolute atomic E-state index is 0.0328. The number of nitro benzene ring substituents is 1. The smallest absolute Gasteiger partial charge is 0.335 e. The number of hydrogen-bond acceptors (Lipinski definition) is 5. The minimum Gasteiger partial charge on any atom is -0.463 e. The van der Waals surface area contributed by atoms with Crippen LogP contribution in [0, 0.1) is 10.1 Å². The zero-order chi connectivity index (χ0) is 16.1. The van der Waals surface area contributed by atoms with Gasteiger partial charge in [0.25, 0.3) is 5.69 Å². The molecule has 0 spiro atoms. The molecule has 7 nitrogen and oxygen atoms in total. The van der Waals surface area contributed by atoms with Crippen LogP contribution in [0.1, 0.15) is 19.8 Å². The first-order chi connectivity index (χ1) is 10.5. The fraction of sp³-hybridized carbons (Fsp3) is 0.333. The summed E-state index contributed by atoms with van der Waals surface area (Å²) >= 11 is 0. The van der Waals surface area contributed by atoms with Crippen molar-refractivity contribution >= 4 is 23.2 Å². The third kappa shape index (κ3) is 3.69. The number of hydrogen-bond donors (Lipinski definition) is 0. The summed E-state index contributed by atoms with van der Waals surface area (Å²) in [5.74, 6) is 0.491. The van der Waals surface area contributed by atoms with Crippen LogP contribution in [-0.2, 0) is 9.53 Å². The molecular formula is C15H17N3O4. The van der Waals surface area contributed by atoms with Crippen molar-refractivity contribution in [2.24, 2.45) is 4.99 Å². The van der Waals surface area contributed by atoms with Gasteiger partial charge in [0.05, 0.1) is 22.8 Å². The Morgan fingerprint density at radius 1 is 1.36 bits per heavy atom. The highest BCUT2D eigenvalue weighted by atomic mass is 16.6. The highest BCUT2D eigenvalue weighted by Gasteiger charge is 2.19. The summed E-state index contributed by atoms with van der Waals surface area (Å²) in [5.41, 5.74) is 1.29. The topological polar surface area (TPSA) is 85.0 Å². The number of benzene rings is 1. The maximum absolute atomic E-state index is 11.7. The van der Waals surface area contributed by atoms with Crippen LogP contribution in [0.4, 0.5) is 11.4 Å². The second-order valence-electron chi connectivity index (χ2n) is 4.79. The van der Waals surface area contributed by atoms with Crippen LogP contribution >= 0.6 is 0 Å². The first kappa shape index (κ1) is 15.7. The molecule has 1 aliphatic heterocycles. The molecule has 1 aromatic carbocycles. The number of nitro groups is 1. The summed E-state index contributed by atoms with van der Waals surface area (Å²) in [6, 6.07) is 6.04. The Balaban J connectivity index is 2.13. The van der Waals surface area contributed by atoms with Crippen molar-refractivity contribution in [3.63, 3.8) is 0 Å². The molecule has 0 atom stereocenters. The first-order valence-electron chi connectivity index (χ1n) is 6.94. The third-order valence-corrected chi connectivity index (χ3v) is 3.23. The van der Waals surface area contributed by atoms with Gasteiger partial charge in [0.1, 0.15) is 5.84 Å². The molecule has 7 heteroatoms. The lowest BCUT2D eigenvalue weighted by molar-refractivity contribution is -0.384. The summed E-state index contributed by atoms with van der Waals surface area (Å²) in [7, 11) is 1.81. The Hall–Kier alpha value is -2.70. The van der Waals surface area contributed by atoms with E-state index >= 15 is 0 Å². The number of carbonyl (C=O) groups excluding carboxylic acids is 1. The molecule has 0 radical (unpaired) electrons. The fourth-order valence-corrected chi connectivity index (χ4v) is 2.11. The van der Waals surface area contributed by atoms with Crippen molar-refractivity contribution in [3.8, 4) is 0 Å². The zero-order valence-corrected chi connectivity index (χ0v) is 12.5. The number of amidine groups is 1. The van der Waals surface area contributed by atoms with E-state index in [1.54, 1.807) is 30.2 Å². The summed E-state index contributed by atoms with van der Waals surface area (Å²) in [4.78, 5) is 28.1. The van der Waals surface area contributed by atoms with Crippen molar-refractivity contribution in [2.45, 2.75) is 19.8 Å². The monoisotopic (exact) mass is 303 g/mol. The standard InChI is InChI=1S/C15H17N3O4/c1-3-22-15(19)11-4-9-14(17(2)10-11)16-12-5-7-13(8-6-12)18(20)21/h5-8,10H,3-4,9H2,1-2H3. The van der Waals surface area contributed by atoms with Crippen molar-refractivity contribution in [3.05, 3.63) is 46.2 Å². The number of carbonyl (C=O) groups is 1. The molecule has 116 valence electrons. The van der Waals surface area contributed by atoms with Crippen LogP contribution in [0.2, 0.25) is 0 Å². The van der Waals surface area contributed by atoms with Crippen LogP contribution in [-0.4, -0.2) is 35.3 Å². The van der Waals surface area contributed by atoms with E-state index in [9.17, 15) is 14.9 Å². The molecule has 0 N–H and O–H groups in total. The van der Waals surface area contributed by atoms with Crippen molar-refractivity contribution in [2.75, 3.05) is 13.7 Å². The predicted molar refractivity (Wildman–Crippen MR) is 81.9 cm³/mol. The summed E-state index contributed by atoms with van der Waals surface area (Å²) in [5, 5.41) is 10.6. The van der Waals surface area contributed by atoms with Crippen molar-refractivity contribution in [1.29, 1.82) is 0 Å². The van der Waals surface area contributed by atoms with Crippen LogP contribution in [0.25, 0.3) is 0 Å². The molecule has 0 fully saturated rings. The molecule has 0 unspecified atom stereocenters. The molecule has 0 aromatic heterocycles. The normalized spacial score (nSPS) is 16.4. The van der Waals surface area contributed by atoms with Crippen LogP contribution in [0.15, 0.2) is 41.0 Å². The van der Waals surface area contributed by atoms with E-state index in [1.165, 1.54) is 12.1 Å². The van der Waals surface area contributed by atoms with Crippen molar-refractivity contribution in [1.82, 2.24) is 4.90 Å². The molecule has 0 amide bonds. The third-order valence-electron chi connectivity index (χ3n) is 3.23. The quantitative estimate of drug-likeness (QED) is 0.485. The lowest BCUT2D eigenvalue weighted by Crippen LogP contribution is -2.27. The molecule has 1 aromatic rings. The van der Waals surface area contributed by atoms with Gasteiger partial charge in [0.2, 0.25) is 0 Å². The Kier molecular flexibility index (Phi) is 4.88. The van der Waals surface area contributed by atoms with Gasteiger partial charge in [0.15, 0.2) is 0 Å². The lowest BCUT2D eigenvalue weighted by Gasteiger charge is -2.23. The number of esters is 1. The van der Waals surface area contributed by atoms with Gasteiger partial charge in [-0.15, -0.1) is 0 Å². The highest BCUT2D eigenvalue weighted by molar-refractivity contribution is 5.94. The van der Waals surface area contributed by atoms with Gasteiger partial charge < -0.3 is 9.64 Å². The van der Waals surface area contributed by atoms with E-state index in [2.05, 4.69) is 4.99 Å². The van der Waals surface area contributed by atoms with Gasteiger partial charge in [-0.25, -0.2) is 9.79 Å². The Bertz CT molecular complexity index is 635. The molecule has 1 heterocycles. The number of ether oxygens (including phenoxy) is 1. The number of non-ortho nitro benzene ring substituents is 1. The van der Waals surface area contributed by atoms with E-state index in [-0.39, 0.29) is 11.7 Å². The number of rotatable bonds is 4. The van der Waals surface area contributed by atoms with Gasteiger partial charge >= 0.3 is 5.97 Å². The second kappa shape index (κ2) is 6.84. The van der Waals surface area contributed by atoms with E-state index in [1.807, 2.05) is 7.05 Å². The Labute approximate surface area is 128 Å². The Morgan fingerprint density at radius 3 is 2.59 bits per heavy atom. The van der Waals surface area contributed by atoms with E-state index in [4.69, 9.17) is 4.74 Å². The van der Waals surface area contributed by atoms with Gasteiger partial charge in [-0.2, -0.15) is 0 Å². The van der Waals surface area contributed by atoms with Gasteiger partial charge in [-0.3, -0.25) is 10.1 Å².